The lowest BCUT2D eigenvalue weighted by Crippen LogP contribution is -2.25. The minimum absolute atomic E-state index is 0.0114. The predicted octanol–water partition coefficient (Wildman–Crippen LogP) is 5.34. The number of rotatable bonds is 8. The monoisotopic (exact) mass is 420 g/mol. The van der Waals surface area contributed by atoms with Gasteiger partial charge in [0.25, 0.3) is 5.91 Å². The Hall–Kier alpha value is -2.99. The van der Waals surface area contributed by atoms with Gasteiger partial charge in [-0.05, 0) is 61.6 Å². The van der Waals surface area contributed by atoms with Gasteiger partial charge in [-0.2, -0.15) is 0 Å². The van der Waals surface area contributed by atoms with E-state index in [1.165, 1.54) is 0 Å². The van der Waals surface area contributed by atoms with Crippen LogP contribution in [-0.4, -0.2) is 31.2 Å². The van der Waals surface area contributed by atoms with E-state index in [9.17, 15) is 9.59 Å². The van der Waals surface area contributed by atoms with Gasteiger partial charge in [0.15, 0.2) is 0 Å². The van der Waals surface area contributed by atoms with Crippen molar-refractivity contribution in [1.82, 2.24) is 0 Å². The first kappa shape index (κ1) is 20.3. The summed E-state index contributed by atoms with van der Waals surface area (Å²) in [5, 5.41) is 4.87. The van der Waals surface area contributed by atoms with Gasteiger partial charge in [0.2, 0.25) is 5.91 Å². The lowest BCUT2D eigenvalue weighted by molar-refractivity contribution is -0.116. The maximum Gasteiger partial charge on any atom is 0.258 e. The summed E-state index contributed by atoms with van der Waals surface area (Å²) in [7, 11) is 1.65. The number of methoxy groups -OCH3 is 1. The molecule has 154 valence electrons. The third kappa shape index (κ3) is 3.87. The normalized spacial score (nSPS) is 12.5. The highest BCUT2D eigenvalue weighted by atomic mass is 32.2. The number of anilines is 2. The van der Waals surface area contributed by atoms with Crippen molar-refractivity contribution >= 4 is 45.7 Å². The summed E-state index contributed by atoms with van der Waals surface area (Å²) in [6.45, 7) is 2.59. The Bertz CT molecular complexity index is 1100. The first-order chi connectivity index (χ1) is 14.6. The second kappa shape index (κ2) is 8.79. The van der Waals surface area contributed by atoms with E-state index < -0.39 is 0 Å². The molecule has 0 atom stereocenters. The number of nitrogens with one attached hydrogen (secondary N) is 1. The fraction of sp³-hybridized carbons (Fsp3) is 0.250. The fourth-order valence-electron chi connectivity index (χ4n) is 3.78. The molecule has 0 saturated heterocycles. The number of benzene rings is 3. The average molecular weight is 421 g/mol. The highest BCUT2D eigenvalue weighted by Gasteiger charge is 2.29. The van der Waals surface area contributed by atoms with Crippen LogP contribution in [-0.2, 0) is 4.79 Å². The number of thioether (sulfide) groups is 1. The van der Waals surface area contributed by atoms with Gasteiger partial charge in [0.05, 0.1) is 12.8 Å². The van der Waals surface area contributed by atoms with E-state index >= 15 is 0 Å². The molecule has 0 aliphatic carbocycles. The van der Waals surface area contributed by atoms with Crippen LogP contribution in [0.25, 0.3) is 10.8 Å². The van der Waals surface area contributed by atoms with Crippen LogP contribution in [0.4, 0.5) is 11.4 Å². The molecular formula is C24H24N2O3S. The number of carbonyl (C=O) groups is 2. The van der Waals surface area contributed by atoms with Gasteiger partial charge in [0, 0.05) is 39.9 Å². The van der Waals surface area contributed by atoms with Crippen molar-refractivity contribution in [3.63, 3.8) is 0 Å². The van der Waals surface area contributed by atoms with E-state index in [1.807, 2.05) is 61.5 Å². The molecule has 3 aromatic carbocycles. The Kier molecular flexibility index (Phi) is 5.95. The summed E-state index contributed by atoms with van der Waals surface area (Å²) in [6.07, 6.45) is 1.23. The number of amides is 2. The van der Waals surface area contributed by atoms with E-state index in [-0.39, 0.29) is 11.8 Å². The van der Waals surface area contributed by atoms with Gasteiger partial charge in [0.1, 0.15) is 5.75 Å². The summed E-state index contributed by atoms with van der Waals surface area (Å²) in [5.41, 5.74) is 2.38. The van der Waals surface area contributed by atoms with Gasteiger partial charge >= 0.3 is 0 Å². The van der Waals surface area contributed by atoms with E-state index in [0.717, 1.165) is 45.0 Å². The highest BCUT2D eigenvalue weighted by Crippen LogP contribution is 2.40. The van der Waals surface area contributed by atoms with E-state index in [0.29, 0.717) is 18.5 Å². The Morgan fingerprint density at radius 2 is 1.90 bits per heavy atom. The van der Waals surface area contributed by atoms with Crippen molar-refractivity contribution < 1.29 is 14.3 Å². The summed E-state index contributed by atoms with van der Waals surface area (Å²) in [4.78, 5) is 28.0. The molecule has 0 saturated carbocycles. The molecular weight excluding hydrogens is 396 g/mol. The number of hydrogen-bond donors (Lipinski definition) is 1. The standard InChI is InChI=1S/C24H24N2O3S/c1-3-26-21-14-13-20(18-6-4-7-19(23(18)21)24(26)28)25-22(27)8-5-15-30-17-11-9-16(29-2)10-12-17/h4,6-7,9-14H,3,5,8,15H2,1-2H3,(H,25,27). The van der Waals surface area contributed by atoms with Crippen LogP contribution >= 0.6 is 11.8 Å². The van der Waals surface area contributed by atoms with E-state index in [1.54, 1.807) is 23.8 Å². The largest absolute Gasteiger partial charge is 0.497 e. The molecule has 6 heteroatoms. The molecule has 0 fully saturated rings. The molecule has 0 bridgehead atoms. The quantitative estimate of drug-likeness (QED) is 0.395. The molecule has 3 aromatic rings. The zero-order valence-electron chi connectivity index (χ0n) is 17.1. The molecule has 0 aromatic heterocycles. The lowest BCUT2D eigenvalue weighted by Gasteiger charge is -2.15. The van der Waals surface area contributed by atoms with Crippen molar-refractivity contribution in [1.29, 1.82) is 0 Å². The van der Waals surface area contributed by atoms with Crippen molar-refractivity contribution in [2.75, 3.05) is 29.6 Å². The zero-order valence-corrected chi connectivity index (χ0v) is 17.9. The van der Waals surface area contributed by atoms with Crippen LogP contribution in [0.5, 0.6) is 5.75 Å². The average Bonchev–Trinajstić information content (AvgIpc) is 3.06. The molecule has 30 heavy (non-hydrogen) atoms. The Balaban J connectivity index is 1.38. The van der Waals surface area contributed by atoms with Crippen molar-refractivity contribution in [3.8, 4) is 5.75 Å². The first-order valence-corrected chi connectivity index (χ1v) is 11.0. The summed E-state index contributed by atoms with van der Waals surface area (Å²) < 4.78 is 5.17. The van der Waals surface area contributed by atoms with Gasteiger partial charge < -0.3 is 15.0 Å². The summed E-state index contributed by atoms with van der Waals surface area (Å²) in [5.74, 6) is 1.72. The molecule has 1 aliphatic heterocycles. The van der Waals surface area contributed by atoms with Crippen LogP contribution in [0.3, 0.4) is 0 Å². The van der Waals surface area contributed by atoms with Gasteiger partial charge in [-0.25, -0.2) is 0 Å². The Morgan fingerprint density at radius 3 is 2.63 bits per heavy atom. The van der Waals surface area contributed by atoms with Crippen LogP contribution in [0, 0.1) is 0 Å². The second-order valence-corrected chi connectivity index (χ2v) is 8.25. The summed E-state index contributed by atoms with van der Waals surface area (Å²) >= 11 is 1.73. The van der Waals surface area contributed by atoms with Crippen molar-refractivity contribution in [2.24, 2.45) is 0 Å². The third-order valence-electron chi connectivity index (χ3n) is 5.25. The lowest BCUT2D eigenvalue weighted by atomic mass is 10.0. The SMILES string of the molecule is CCN1C(=O)c2cccc3c(NC(=O)CCCSc4ccc(OC)cc4)ccc1c23. The molecule has 1 aliphatic rings. The molecule has 1 N–H and O–H groups in total. The molecule has 5 nitrogen and oxygen atoms in total. The Labute approximate surface area is 180 Å². The van der Waals surface area contributed by atoms with Crippen LogP contribution in [0.1, 0.15) is 30.1 Å². The summed E-state index contributed by atoms with van der Waals surface area (Å²) in [6, 6.07) is 17.4. The predicted molar refractivity (Wildman–Crippen MR) is 123 cm³/mol. The second-order valence-electron chi connectivity index (χ2n) is 7.09. The van der Waals surface area contributed by atoms with Crippen LogP contribution in [0.2, 0.25) is 0 Å². The third-order valence-corrected chi connectivity index (χ3v) is 6.35. The molecule has 1 heterocycles. The molecule has 4 rings (SSSR count). The highest BCUT2D eigenvalue weighted by molar-refractivity contribution is 7.99. The smallest absolute Gasteiger partial charge is 0.258 e. The Morgan fingerprint density at radius 1 is 1.10 bits per heavy atom. The molecule has 0 spiro atoms. The van der Waals surface area contributed by atoms with Crippen molar-refractivity contribution in [2.45, 2.75) is 24.7 Å². The van der Waals surface area contributed by atoms with Gasteiger partial charge in [-0.3, -0.25) is 9.59 Å². The topological polar surface area (TPSA) is 58.6 Å². The van der Waals surface area contributed by atoms with Crippen LogP contribution < -0.4 is 15.0 Å². The maximum absolute atomic E-state index is 12.6. The molecule has 0 radical (unpaired) electrons. The van der Waals surface area contributed by atoms with Crippen molar-refractivity contribution in [3.05, 3.63) is 60.2 Å². The molecule has 2 amide bonds. The number of nitrogens with zero attached hydrogens (tertiary/aromatic N) is 1. The van der Waals surface area contributed by atoms with Gasteiger partial charge in [-0.15, -0.1) is 11.8 Å². The maximum atomic E-state index is 12.6. The minimum Gasteiger partial charge on any atom is -0.497 e. The van der Waals surface area contributed by atoms with E-state index in [2.05, 4.69) is 5.32 Å². The number of carbonyl (C=O) groups excluding carboxylic acids is 2. The van der Waals surface area contributed by atoms with E-state index in [4.69, 9.17) is 4.74 Å². The minimum atomic E-state index is -0.0114. The molecule has 0 unspecified atom stereocenters. The first-order valence-electron chi connectivity index (χ1n) is 10.1. The van der Waals surface area contributed by atoms with Gasteiger partial charge in [-0.1, -0.05) is 12.1 Å². The fourth-order valence-corrected chi connectivity index (χ4v) is 4.63. The number of hydrogen-bond acceptors (Lipinski definition) is 4. The zero-order chi connectivity index (χ0) is 21.1. The van der Waals surface area contributed by atoms with Crippen LogP contribution in [0.15, 0.2) is 59.5 Å². The number of ether oxygens (including phenoxy) is 1.